The summed E-state index contributed by atoms with van der Waals surface area (Å²) >= 11 is 0. The van der Waals surface area contributed by atoms with E-state index in [1.807, 2.05) is 11.0 Å². The Labute approximate surface area is 202 Å². The molecule has 6 heteroatoms. The smallest absolute Gasteiger partial charge is 0.300 e. The number of aliphatic hydroxyl groups is 1. The van der Waals surface area contributed by atoms with Crippen LogP contribution in [0.1, 0.15) is 87.3 Å². The van der Waals surface area contributed by atoms with Crippen LogP contribution in [-0.4, -0.2) is 53.2 Å². The number of amides is 1. The Bertz CT molecular complexity index is 1000. The second-order valence-corrected chi connectivity index (χ2v) is 10.9. The molecule has 1 atom stereocenters. The van der Waals surface area contributed by atoms with Crippen LogP contribution in [-0.2, 0) is 22.4 Å². The van der Waals surface area contributed by atoms with Crippen LogP contribution in [0.25, 0.3) is 6.08 Å². The summed E-state index contributed by atoms with van der Waals surface area (Å²) in [5.74, 6) is 0.366. The Morgan fingerprint density at radius 3 is 2.50 bits per heavy atom. The first-order chi connectivity index (χ1) is 16.7. The summed E-state index contributed by atoms with van der Waals surface area (Å²) in [5, 5.41) is 10.4. The van der Waals surface area contributed by atoms with Crippen LogP contribution in [0.3, 0.4) is 0 Å². The number of benzene rings is 1. The molecule has 1 saturated heterocycles. The minimum atomic E-state index is -0.332. The molecule has 3 heterocycles. The molecule has 5 aliphatic rings. The zero-order valence-electron chi connectivity index (χ0n) is 20.2. The lowest BCUT2D eigenvalue weighted by Gasteiger charge is -2.39. The quantitative estimate of drug-likeness (QED) is 0.667. The standard InChI is InChI=1S/C28H37N3O3/c32-24-17-21-15-19(14-20-8-7-13-30(18-24)26(20)21)16-25-27(33)31(23-11-5-2-6-12-23)28(34-25)29-22-9-3-1-4-10-22/h14-16,22-24,32H,1-13,17-18H2. The van der Waals surface area contributed by atoms with Gasteiger partial charge in [-0.25, -0.2) is 4.99 Å². The molecule has 34 heavy (non-hydrogen) atoms. The fourth-order valence-electron chi connectivity index (χ4n) is 6.71. The molecule has 0 aromatic heterocycles. The maximum Gasteiger partial charge on any atom is 0.300 e. The third kappa shape index (κ3) is 4.26. The van der Waals surface area contributed by atoms with Crippen molar-refractivity contribution in [3.63, 3.8) is 0 Å². The van der Waals surface area contributed by atoms with E-state index in [1.54, 1.807) is 0 Å². The Kier molecular flexibility index (Phi) is 6.10. The van der Waals surface area contributed by atoms with Gasteiger partial charge in [0.1, 0.15) is 0 Å². The minimum absolute atomic E-state index is 0.0329. The monoisotopic (exact) mass is 463 g/mol. The maximum absolute atomic E-state index is 13.6. The number of amidine groups is 1. The number of rotatable bonds is 3. The van der Waals surface area contributed by atoms with Crippen molar-refractivity contribution in [3.05, 3.63) is 34.6 Å². The molecule has 0 spiro atoms. The van der Waals surface area contributed by atoms with Crippen molar-refractivity contribution in [2.45, 2.75) is 102 Å². The van der Waals surface area contributed by atoms with E-state index in [4.69, 9.17) is 9.73 Å². The molecule has 0 radical (unpaired) electrons. The van der Waals surface area contributed by atoms with E-state index in [0.717, 1.165) is 70.0 Å². The molecule has 1 amide bonds. The number of aliphatic hydroxyl groups excluding tert-OH is 1. The summed E-state index contributed by atoms with van der Waals surface area (Å²) in [6, 6.07) is 5.36. The second-order valence-electron chi connectivity index (χ2n) is 10.9. The van der Waals surface area contributed by atoms with E-state index in [2.05, 4.69) is 17.0 Å². The predicted octanol–water partition coefficient (Wildman–Crippen LogP) is 4.58. The molecule has 0 bridgehead atoms. The minimum Gasteiger partial charge on any atom is -0.420 e. The van der Waals surface area contributed by atoms with Gasteiger partial charge in [-0.05, 0) is 73.4 Å². The molecule has 3 fully saturated rings. The normalized spacial score (nSPS) is 28.5. The van der Waals surface area contributed by atoms with Crippen molar-refractivity contribution in [2.75, 3.05) is 18.0 Å². The average molecular weight is 464 g/mol. The van der Waals surface area contributed by atoms with E-state index in [9.17, 15) is 9.90 Å². The van der Waals surface area contributed by atoms with E-state index in [0.29, 0.717) is 18.2 Å². The van der Waals surface area contributed by atoms with Gasteiger partial charge >= 0.3 is 6.02 Å². The molecule has 2 aliphatic carbocycles. The fourth-order valence-corrected chi connectivity index (χ4v) is 6.71. The third-order valence-corrected chi connectivity index (χ3v) is 8.31. The van der Waals surface area contributed by atoms with Crippen LogP contribution in [0.2, 0.25) is 0 Å². The number of ether oxygens (including phenoxy) is 1. The van der Waals surface area contributed by atoms with Crippen LogP contribution < -0.4 is 4.90 Å². The second kappa shape index (κ2) is 9.37. The Morgan fingerprint density at radius 2 is 1.71 bits per heavy atom. The number of hydrogen-bond acceptors (Lipinski definition) is 5. The van der Waals surface area contributed by atoms with Crippen LogP contribution >= 0.6 is 0 Å². The van der Waals surface area contributed by atoms with Crippen molar-refractivity contribution in [3.8, 4) is 0 Å². The molecular formula is C28H37N3O3. The molecular weight excluding hydrogens is 426 g/mol. The highest BCUT2D eigenvalue weighted by atomic mass is 16.5. The predicted molar refractivity (Wildman–Crippen MR) is 134 cm³/mol. The highest BCUT2D eigenvalue weighted by molar-refractivity contribution is 6.11. The lowest BCUT2D eigenvalue weighted by molar-refractivity contribution is -0.124. The van der Waals surface area contributed by atoms with Gasteiger partial charge in [0.25, 0.3) is 5.91 Å². The maximum atomic E-state index is 13.6. The van der Waals surface area contributed by atoms with Crippen molar-refractivity contribution in [1.29, 1.82) is 0 Å². The number of nitrogens with zero attached hydrogens (tertiary/aromatic N) is 3. The first-order valence-corrected chi connectivity index (χ1v) is 13.6. The van der Waals surface area contributed by atoms with Gasteiger partial charge in [0, 0.05) is 31.2 Å². The van der Waals surface area contributed by atoms with Crippen molar-refractivity contribution >= 4 is 23.7 Å². The molecule has 6 nitrogen and oxygen atoms in total. The van der Waals surface area contributed by atoms with Gasteiger partial charge in [0.2, 0.25) is 0 Å². The van der Waals surface area contributed by atoms with Gasteiger partial charge in [-0.3, -0.25) is 9.69 Å². The van der Waals surface area contributed by atoms with Crippen molar-refractivity contribution in [1.82, 2.24) is 4.90 Å². The van der Waals surface area contributed by atoms with Gasteiger partial charge in [0.05, 0.1) is 12.1 Å². The third-order valence-electron chi connectivity index (χ3n) is 8.31. The first kappa shape index (κ1) is 22.1. The van der Waals surface area contributed by atoms with Gasteiger partial charge in [-0.15, -0.1) is 0 Å². The molecule has 1 aromatic carbocycles. The van der Waals surface area contributed by atoms with E-state index >= 15 is 0 Å². The molecule has 1 unspecified atom stereocenters. The number of aryl methyl sites for hydroxylation is 1. The Hall–Kier alpha value is -2.34. The van der Waals surface area contributed by atoms with Gasteiger partial charge in [-0.1, -0.05) is 38.5 Å². The topological polar surface area (TPSA) is 65.4 Å². The SMILES string of the molecule is O=C1C(=Cc2cc3c4c(c2)CC(O)CN4CCC3)OC(=NC2CCCCC2)N1C1CCCCC1. The highest BCUT2D eigenvalue weighted by Crippen LogP contribution is 2.37. The van der Waals surface area contributed by atoms with Crippen molar-refractivity contribution in [2.24, 2.45) is 4.99 Å². The van der Waals surface area contributed by atoms with Gasteiger partial charge in [-0.2, -0.15) is 0 Å². The average Bonchev–Trinajstić information content (AvgIpc) is 3.14. The Balaban J connectivity index is 1.33. The number of hydrogen-bond donors (Lipinski definition) is 1. The summed E-state index contributed by atoms with van der Waals surface area (Å²) in [5.41, 5.74) is 4.82. The van der Waals surface area contributed by atoms with Crippen molar-refractivity contribution < 1.29 is 14.6 Å². The molecule has 182 valence electrons. The molecule has 1 N–H and O–H groups in total. The van der Waals surface area contributed by atoms with E-state index in [1.165, 1.54) is 42.5 Å². The van der Waals surface area contributed by atoms with Crippen LogP contribution in [0.4, 0.5) is 5.69 Å². The summed E-state index contributed by atoms with van der Waals surface area (Å²) in [7, 11) is 0. The molecule has 2 saturated carbocycles. The molecule has 1 aromatic rings. The summed E-state index contributed by atoms with van der Waals surface area (Å²) in [4.78, 5) is 22.8. The van der Waals surface area contributed by atoms with Gasteiger partial charge in [0.15, 0.2) is 5.76 Å². The van der Waals surface area contributed by atoms with Gasteiger partial charge < -0.3 is 14.7 Å². The largest absolute Gasteiger partial charge is 0.420 e. The summed E-state index contributed by atoms with van der Waals surface area (Å²) in [6.45, 7) is 1.73. The summed E-state index contributed by atoms with van der Waals surface area (Å²) < 4.78 is 6.25. The number of carbonyl (C=O) groups excluding carboxylic acids is 1. The number of carbonyl (C=O) groups is 1. The van der Waals surface area contributed by atoms with Crippen LogP contribution in [0.15, 0.2) is 22.9 Å². The Morgan fingerprint density at radius 1 is 0.971 bits per heavy atom. The zero-order valence-corrected chi connectivity index (χ0v) is 20.2. The highest BCUT2D eigenvalue weighted by Gasteiger charge is 2.40. The number of aliphatic imine (C=N–C) groups is 1. The lowest BCUT2D eigenvalue weighted by Crippen LogP contribution is -2.41. The van der Waals surface area contributed by atoms with E-state index < -0.39 is 0 Å². The molecule has 3 aliphatic heterocycles. The zero-order chi connectivity index (χ0) is 23.1. The van der Waals surface area contributed by atoms with Crippen LogP contribution in [0.5, 0.6) is 0 Å². The summed E-state index contributed by atoms with van der Waals surface area (Å²) in [6.07, 6.45) is 15.9. The lowest BCUT2D eigenvalue weighted by atomic mass is 9.89. The first-order valence-electron chi connectivity index (χ1n) is 13.6. The van der Waals surface area contributed by atoms with Crippen LogP contribution in [0, 0.1) is 0 Å². The molecule has 6 rings (SSSR count). The van der Waals surface area contributed by atoms with E-state index in [-0.39, 0.29) is 24.1 Å². The fraction of sp³-hybridized carbons (Fsp3) is 0.643. The number of anilines is 1.